The number of hydrogen-bond acceptors (Lipinski definition) is 4. The minimum absolute atomic E-state index is 0.304. The van der Waals surface area contributed by atoms with E-state index in [0.29, 0.717) is 12.2 Å². The largest absolute Gasteiger partial charge is 0.462 e. The van der Waals surface area contributed by atoms with E-state index in [1.54, 1.807) is 13.1 Å². The molecule has 0 aliphatic heterocycles. The van der Waals surface area contributed by atoms with Gasteiger partial charge >= 0.3 is 5.97 Å². The summed E-state index contributed by atoms with van der Waals surface area (Å²) in [6, 6.07) is 5.78. The molecule has 4 nitrogen and oxygen atoms in total. The summed E-state index contributed by atoms with van der Waals surface area (Å²) in [4.78, 5) is 15.2. The van der Waals surface area contributed by atoms with Crippen molar-refractivity contribution in [3.63, 3.8) is 0 Å². The van der Waals surface area contributed by atoms with Crippen LogP contribution in [-0.2, 0) is 9.53 Å². The van der Waals surface area contributed by atoms with Crippen molar-refractivity contribution in [2.75, 3.05) is 18.5 Å². The number of anilines is 1. The molecule has 1 aromatic heterocycles. The highest BCUT2D eigenvalue weighted by atomic mass is 16.5. The number of carbonyl (C=O) groups excluding carboxylic acids is 1. The third-order valence-corrected chi connectivity index (χ3v) is 2.37. The summed E-state index contributed by atoms with van der Waals surface area (Å²) in [6.07, 6.45) is 4.69. The minimum Gasteiger partial charge on any atom is -0.462 e. The maximum atomic E-state index is 11.1. The smallest absolute Gasteiger partial charge is 0.333 e. The lowest BCUT2D eigenvalue weighted by molar-refractivity contribution is -0.139. The van der Waals surface area contributed by atoms with Crippen LogP contribution in [0.3, 0.4) is 0 Å². The average Bonchev–Trinajstić information content (AvgIpc) is 2.38. The second-order valence-corrected chi connectivity index (χ2v) is 4.12. The van der Waals surface area contributed by atoms with Crippen LogP contribution in [0.1, 0.15) is 26.2 Å². The molecule has 4 heteroatoms. The van der Waals surface area contributed by atoms with E-state index in [-0.39, 0.29) is 5.97 Å². The first-order valence-electron chi connectivity index (χ1n) is 6.17. The number of pyridine rings is 1. The van der Waals surface area contributed by atoms with Crippen molar-refractivity contribution in [2.24, 2.45) is 0 Å². The van der Waals surface area contributed by atoms with Gasteiger partial charge in [-0.3, -0.25) is 0 Å². The van der Waals surface area contributed by atoms with Crippen LogP contribution in [0.25, 0.3) is 0 Å². The monoisotopic (exact) mass is 248 g/mol. The van der Waals surface area contributed by atoms with Crippen LogP contribution >= 0.6 is 0 Å². The molecule has 0 amide bonds. The fraction of sp³-hybridized carbons (Fsp3) is 0.429. The Hall–Kier alpha value is -1.84. The van der Waals surface area contributed by atoms with Gasteiger partial charge in [0.15, 0.2) is 0 Å². The summed E-state index contributed by atoms with van der Waals surface area (Å²) in [5, 5.41) is 3.23. The van der Waals surface area contributed by atoms with E-state index in [2.05, 4.69) is 16.9 Å². The van der Waals surface area contributed by atoms with Gasteiger partial charge in [0.1, 0.15) is 5.82 Å². The van der Waals surface area contributed by atoms with Crippen molar-refractivity contribution in [1.29, 1.82) is 0 Å². The maximum absolute atomic E-state index is 11.1. The molecule has 0 unspecified atom stereocenters. The Balaban J connectivity index is 1.96. The van der Waals surface area contributed by atoms with Crippen molar-refractivity contribution in [3.8, 4) is 0 Å². The lowest BCUT2D eigenvalue weighted by atomic mass is 10.2. The first-order chi connectivity index (χ1) is 8.70. The Kier molecular flexibility index (Phi) is 6.54. The number of rotatable bonds is 8. The first kappa shape index (κ1) is 14.2. The van der Waals surface area contributed by atoms with Crippen LogP contribution in [0, 0.1) is 0 Å². The molecule has 0 aromatic carbocycles. The summed E-state index contributed by atoms with van der Waals surface area (Å²) in [5.41, 5.74) is 0.451. The number of esters is 1. The second-order valence-electron chi connectivity index (χ2n) is 4.12. The van der Waals surface area contributed by atoms with Crippen molar-refractivity contribution in [3.05, 3.63) is 36.5 Å². The zero-order valence-corrected chi connectivity index (χ0v) is 10.8. The van der Waals surface area contributed by atoms with Gasteiger partial charge in [-0.25, -0.2) is 9.78 Å². The van der Waals surface area contributed by atoms with Crippen LogP contribution in [0.5, 0.6) is 0 Å². The van der Waals surface area contributed by atoms with Gasteiger partial charge in [0.25, 0.3) is 0 Å². The van der Waals surface area contributed by atoms with Crippen LogP contribution in [0.2, 0.25) is 0 Å². The Labute approximate surface area is 108 Å². The number of hydrogen-bond donors (Lipinski definition) is 1. The molecule has 98 valence electrons. The molecule has 0 fully saturated rings. The molecule has 0 spiro atoms. The summed E-state index contributed by atoms with van der Waals surface area (Å²) in [6.45, 7) is 6.53. The molecule has 0 bridgehead atoms. The van der Waals surface area contributed by atoms with E-state index in [1.165, 1.54) is 0 Å². The molecule has 1 rings (SSSR count). The van der Waals surface area contributed by atoms with Crippen molar-refractivity contribution >= 4 is 11.8 Å². The van der Waals surface area contributed by atoms with Crippen LogP contribution in [-0.4, -0.2) is 24.1 Å². The molecule has 0 radical (unpaired) electrons. The number of nitrogens with zero attached hydrogens (tertiary/aromatic N) is 1. The van der Waals surface area contributed by atoms with E-state index in [9.17, 15) is 4.79 Å². The molecule has 0 saturated carbocycles. The second kappa shape index (κ2) is 8.28. The van der Waals surface area contributed by atoms with Gasteiger partial charge < -0.3 is 10.1 Å². The minimum atomic E-state index is -0.304. The van der Waals surface area contributed by atoms with Gasteiger partial charge in [0.2, 0.25) is 0 Å². The average molecular weight is 248 g/mol. The van der Waals surface area contributed by atoms with E-state index < -0.39 is 0 Å². The molecule has 0 saturated heterocycles. The fourth-order valence-corrected chi connectivity index (χ4v) is 1.38. The third kappa shape index (κ3) is 6.03. The lowest BCUT2D eigenvalue weighted by Crippen LogP contribution is -2.07. The highest BCUT2D eigenvalue weighted by Crippen LogP contribution is 2.02. The molecule has 1 aromatic rings. The number of ether oxygens (including phenoxy) is 1. The van der Waals surface area contributed by atoms with E-state index in [4.69, 9.17) is 4.74 Å². The zero-order valence-electron chi connectivity index (χ0n) is 10.8. The number of nitrogens with one attached hydrogen (secondary N) is 1. The summed E-state index contributed by atoms with van der Waals surface area (Å²) >= 11 is 0. The fourth-order valence-electron chi connectivity index (χ4n) is 1.38. The van der Waals surface area contributed by atoms with Gasteiger partial charge in [-0.05, 0) is 38.3 Å². The maximum Gasteiger partial charge on any atom is 0.333 e. The predicted octanol–water partition coefficient (Wildman–Crippen LogP) is 2.78. The molecule has 0 atom stereocenters. The first-order valence-corrected chi connectivity index (χ1v) is 6.17. The van der Waals surface area contributed by atoms with Crippen LogP contribution < -0.4 is 5.32 Å². The van der Waals surface area contributed by atoms with Crippen LogP contribution in [0.4, 0.5) is 5.82 Å². The van der Waals surface area contributed by atoms with Crippen molar-refractivity contribution in [1.82, 2.24) is 4.98 Å². The van der Waals surface area contributed by atoms with Gasteiger partial charge in [0, 0.05) is 18.3 Å². The predicted molar refractivity (Wildman–Crippen MR) is 72.4 cm³/mol. The van der Waals surface area contributed by atoms with E-state index in [1.807, 2.05) is 18.2 Å². The third-order valence-electron chi connectivity index (χ3n) is 2.37. The zero-order chi connectivity index (χ0) is 13.2. The molecular formula is C14H20N2O2. The summed E-state index contributed by atoms with van der Waals surface area (Å²) in [5.74, 6) is 0.591. The van der Waals surface area contributed by atoms with Crippen molar-refractivity contribution < 1.29 is 9.53 Å². The Morgan fingerprint density at radius 3 is 2.89 bits per heavy atom. The Bertz CT molecular complexity index is 377. The molecular weight excluding hydrogens is 228 g/mol. The van der Waals surface area contributed by atoms with Gasteiger partial charge in [-0.2, -0.15) is 0 Å². The highest BCUT2D eigenvalue weighted by molar-refractivity contribution is 5.86. The van der Waals surface area contributed by atoms with E-state index in [0.717, 1.165) is 31.6 Å². The van der Waals surface area contributed by atoms with Gasteiger partial charge in [0.05, 0.1) is 6.61 Å². The number of carbonyl (C=O) groups is 1. The Morgan fingerprint density at radius 2 is 2.22 bits per heavy atom. The molecule has 18 heavy (non-hydrogen) atoms. The van der Waals surface area contributed by atoms with Gasteiger partial charge in [-0.1, -0.05) is 12.6 Å². The standard InChI is InChI=1S/C14H20N2O2/c1-12(2)14(17)18-11-7-3-5-9-15-13-8-4-6-10-16-13/h4,6,8,10H,1,3,5,7,9,11H2,2H3,(H,15,16). The van der Waals surface area contributed by atoms with Crippen molar-refractivity contribution in [2.45, 2.75) is 26.2 Å². The molecule has 0 aliphatic rings. The lowest BCUT2D eigenvalue weighted by Gasteiger charge is -2.06. The topological polar surface area (TPSA) is 51.2 Å². The quantitative estimate of drug-likeness (QED) is 0.436. The SMILES string of the molecule is C=C(C)C(=O)OCCCCCNc1ccccn1. The summed E-state index contributed by atoms with van der Waals surface area (Å²) < 4.78 is 5.00. The van der Waals surface area contributed by atoms with Gasteiger partial charge in [-0.15, -0.1) is 0 Å². The van der Waals surface area contributed by atoms with Crippen LogP contribution in [0.15, 0.2) is 36.5 Å². The Morgan fingerprint density at radius 1 is 1.39 bits per heavy atom. The normalized spacial score (nSPS) is 9.83. The highest BCUT2D eigenvalue weighted by Gasteiger charge is 2.01. The number of aromatic nitrogens is 1. The molecule has 1 heterocycles. The molecule has 1 N–H and O–H groups in total. The number of unbranched alkanes of at least 4 members (excludes halogenated alkanes) is 2. The summed E-state index contributed by atoms with van der Waals surface area (Å²) in [7, 11) is 0. The molecule has 0 aliphatic carbocycles. The van der Waals surface area contributed by atoms with E-state index >= 15 is 0 Å².